The predicted molar refractivity (Wildman–Crippen MR) is 50.0 cm³/mol. The molecule has 0 aliphatic carbocycles. The minimum absolute atomic E-state index is 0.0448. The molecule has 4 N–H and O–H groups in total. The van der Waals surface area contributed by atoms with Crippen LogP contribution in [0.3, 0.4) is 0 Å². The van der Waals surface area contributed by atoms with Crippen LogP contribution in [-0.2, 0) is 3.07 Å². The molecule has 1 aliphatic heterocycles. The fourth-order valence-electron chi connectivity index (χ4n) is 0.699. The molecule has 0 aromatic carbocycles. The average molecular weight is 402 g/mol. The van der Waals surface area contributed by atoms with E-state index in [2.05, 4.69) is 0 Å². The third kappa shape index (κ3) is 3.58. The summed E-state index contributed by atoms with van der Waals surface area (Å²) < 4.78 is 5.30. The van der Waals surface area contributed by atoms with Gasteiger partial charge in [-0.25, -0.2) is 0 Å². The van der Waals surface area contributed by atoms with Gasteiger partial charge in [-0.2, -0.15) is 0 Å². The monoisotopic (exact) mass is 402 g/mol. The Balaban J connectivity index is 2.43. The van der Waals surface area contributed by atoms with Gasteiger partial charge in [-0.1, -0.05) is 0 Å². The maximum atomic E-state index is 9.38. The molecule has 0 saturated carbocycles. The third-order valence-electron chi connectivity index (χ3n) is 1.08. The van der Waals surface area contributed by atoms with Crippen molar-refractivity contribution in [1.82, 2.24) is 0 Å². The van der Waals surface area contributed by atoms with E-state index in [0.717, 1.165) is 0 Å². The van der Waals surface area contributed by atoms with Crippen LogP contribution in [0.1, 0.15) is 20.3 Å². The second-order valence-corrected chi connectivity index (χ2v) is 16.8. The molecule has 1 fully saturated rings. The molecule has 1 heterocycles. The predicted octanol–water partition coefficient (Wildman–Crippen LogP) is -2.84. The topological polar surface area (TPSA) is 75.7 Å². The molecular formula is C6H14I2NO3-. The Morgan fingerprint density at radius 1 is 1.67 bits per heavy atom. The van der Waals surface area contributed by atoms with Crippen molar-refractivity contribution in [2.75, 3.05) is 0 Å². The molecule has 2 unspecified atom stereocenters. The van der Waals surface area contributed by atoms with Gasteiger partial charge >= 0.3 is 86.7 Å². The summed E-state index contributed by atoms with van der Waals surface area (Å²) in [5.41, 5.74) is 5.78. The zero-order valence-corrected chi connectivity index (χ0v) is 11.3. The van der Waals surface area contributed by atoms with E-state index in [1.54, 1.807) is 13.8 Å². The molecule has 4 nitrogen and oxygen atoms in total. The summed E-state index contributed by atoms with van der Waals surface area (Å²) in [4.78, 5) is 0. The summed E-state index contributed by atoms with van der Waals surface area (Å²) in [6.07, 6.45) is 0.675. The summed E-state index contributed by atoms with van der Waals surface area (Å²) >= 11 is -1.93. The molecule has 0 aromatic rings. The molecular weight excluding hydrogens is 388 g/mol. The van der Waals surface area contributed by atoms with E-state index in [-0.39, 0.29) is 25.4 Å². The van der Waals surface area contributed by atoms with Gasteiger partial charge in [0.1, 0.15) is 0 Å². The number of aliphatic hydroxyl groups is 2. The number of hydrogen-bond donors (Lipinski definition) is 3. The minimum atomic E-state index is -1.64. The van der Waals surface area contributed by atoms with Crippen LogP contribution in [0.15, 0.2) is 0 Å². The van der Waals surface area contributed by atoms with Gasteiger partial charge in [0.25, 0.3) is 0 Å². The first-order chi connectivity index (χ1) is 5.38. The Morgan fingerprint density at radius 3 is 2.58 bits per heavy atom. The Kier molecular flexibility index (Phi) is 4.00. The summed E-state index contributed by atoms with van der Waals surface area (Å²) in [5, 5.41) is 18.7. The van der Waals surface area contributed by atoms with Gasteiger partial charge < -0.3 is 0 Å². The van der Waals surface area contributed by atoms with Crippen LogP contribution < -0.4 is 23.0 Å². The van der Waals surface area contributed by atoms with E-state index >= 15 is 0 Å². The Bertz CT molecular complexity index is 161. The standard InChI is InChI=1S/C6H14I2NO3/c1-6(2,11)12-8-5(9)3-4(10)7-8/h4-5,10-11H,3,9H2,1-2H3/q-1. The first-order valence-corrected chi connectivity index (χ1v) is 13.2. The van der Waals surface area contributed by atoms with Gasteiger partial charge in [0.2, 0.25) is 0 Å². The number of rotatable bonds is 2. The summed E-state index contributed by atoms with van der Waals surface area (Å²) in [5.74, 6) is -1.06. The normalized spacial score (nSPS) is 34.9. The van der Waals surface area contributed by atoms with Crippen LogP contribution in [0.4, 0.5) is 0 Å². The van der Waals surface area contributed by atoms with Gasteiger partial charge in [-0.05, 0) is 0 Å². The summed E-state index contributed by atoms with van der Waals surface area (Å²) in [6, 6.07) is 0. The quantitative estimate of drug-likeness (QED) is 0.202. The van der Waals surface area contributed by atoms with Crippen LogP contribution in [0.5, 0.6) is 0 Å². The van der Waals surface area contributed by atoms with Crippen molar-refractivity contribution >= 4 is 16.3 Å². The molecule has 0 spiro atoms. The van der Waals surface area contributed by atoms with Crippen LogP contribution in [0.25, 0.3) is 0 Å². The number of hydrogen-bond acceptors (Lipinski definition) is 4. The van der Waals surface area contributed by atoms with E-state index in [1.807, 2.05) is 0 Å². The summed E-state index contributed by atoms with van der Waals surface area (Å²) in [6.45, 7) is 3.23. The Labute approximate surface area is 86.1 Å². The molecule has 76 valence electrons. The first-order valence-electron chi connectivity index (χ1n) is 3.57. The molecule has 2 atom stereocenters. The van der Waals surface area contributed by atoms with Gasteiger partial charge in [0, 0.05) is 0 Å². The molecule has 1 rings (SSSR count). The van der Waals surface area contributed by atoms with E-state index in [9.17, 15) is 10.2 Å². The van der Waals surface area contributed by atoms with E-state index < -0.39 is 22.0 Å². The van der Waals surface area contributed by atoms with Crippen molar-refractivity contribution in [2.24, 2.45) is 5.73 Å². The van der Waals surface area contributed by atoms with Crippen LogP contribution in [-0.4, -0.2) is 24.2 Å². The van der Waals surface area contributed by atoms with Crippen LogP contribution in [0.2, 0.25) is 0 Å². The average Bonchev–Trinajstić information content (AvgIpc) is 2.06. The molecule has 1 saturated heterocycles. The van der Waals surface area contributed by atoms with Crippen molar-refractivity contribution in [3.8, 4) is 0 Å². The van der Waals surface area contributed by atoms with Crippen LogP contribution in [0, 0.1) is 0 Å². The third-order valence-corrected chi connectivity index (χ3v) is 17.8. The molecule has 12 heavy (non-hydrogen) atoms. The number of aliphatic hydroxyl groups excluding tert-OH is 1. The van der Waals surface area contributed by atoms with Crippen molar-refractivity contribution in [1.29, 1.82) is 0 Å². The van der Waals surface area contributed by atoms with Crippen molar-refractivity contribution in [3.05, 3.63) is 0 Å². The van der Waals surface area contributed by atoms with Gasteiger partial charge in [-0.3, -0.25) is 0 Å². The van der Waals surface area contributed by atoms with E-state index in [4.69, 9.17) is 8.80 Å². The fourth-order valence-corrected chi connectivity index (χ4v) is 17.5. The summed E-state index contributed by atoms with van der Waals surface area (Å²) in [7, 11) is 0. The first kappa shape index (κ1) is 11.4. The number of nitrogens with two attached hydrogens (primary N) is 1. The van der Waals surface area contributed by atoms with Crippen molar-refractivity contribution < 1.29 is 30.5 Å². The molecule has 0 bridgehead atoms. The molecule has 6 heteroatoms. The maximum absolute atomic E-state index is 9.38. The zero-order chi connectivity index (χ0) is 9.35. The molecule has 0 aromatic heterocycles. The SMILES string of the molecule is CC(C)(O)OI1[I-]C(O)CC1N. The molecule has 0 radical (unpaired) electrons. The Morgan fingerprint density at radius 2 is 2.25 bits per heavy atom. The van der Waals surface area contributed by atoms with Gasteiger partial charge in [0.05, 0.1) is 0 Å². The molecule has 0 amide bonds. The van der Waals surface area contributed by atoms with Crippen molar-refractivity contribution in [3.63, 3.8) is 0 Å². The van der Waals surface area contributed by atoms with Gasteiger partial charge in [0.15, 0.2) is 0 Å². The number of alkyl halides is 2. The number of halogens is 2. The zero-order valence-electron chi connectivity index (χ0n) is 7.00. The second kappa shape index (κ2) is 4.22. The second-order valence-electron chi connectivity index (χ2n) is 3.02. The van der Waals surface area contributed by atoms with Crippen molar-refractivity contribution in [2.45, 2.75) is 34.2 Å². The molecule has 1 aliphatic rings. The fraction of sp³-hybridized carbons (Fsp3) is 1.00. The Hall–Kier alpha value is 1.30. The van der Waals surface area contributed by atoms with E-state index in [0.29, 0.717) is 6.42 Å². The van der Waals surface area contributed by atoms with Crippen LogP contribution >= 0.6 is 16.3 Å². The van der Waals surface area contributed by atoms with E-state index in [1.165, 1.54) is 0 Å². The van der Waals surface area contributed by atoms with Gasteiger partial charge in [-0.15, -0.1) is 0 Å².